The molecule has 1 nitrogen and oxygen atoms in total. The first-order chi connectivity index (χ1) is 7.75. The molecule has 1 atom stereocenters. The molecule has 0 aliphatic rings. The van der Waals surface area contributed by atoms with E-state index in [1.54, 1.807) is 0 Å². The largest absolute Gasteiger partial charge is 0.486 e. The molecule has 82 valence electrons. The summed E-state index contributed by atoms with van der Waals surface area (Å²) in [6.45, 7) is 2.05. The number of benzene rings is 2. The molecule has 0 bridgehead atoms. The Kier molecular flexibility index (Phi) is 3.62. The van der Waals surface area contributed by atoms with E-state index in [-0.39, 0.29) is 6.10 Å². The van der Waals surface area contributed by atoms with Crippen LogP contribution in [-0.2, 0) is 0 Å². The zero-order chi connectivity index (χ0) is 11.4. The van der Waals surface area contributed by atoms with Gasteiger partial charge in [-0.1, -0.05) is 46.3 Å². The van der Waals surface area contributed by atoms with Gasteiger partial charge in [-0.3, -0.25) is 0 Å². The lowest BCUT2D eigenvalue weighted by molar-refractivity contribution is 0.227. The molecule has 1 unspecified atom stereocenters. The van der Waals surface area contributed by atoms with Gasteiger partial charge in [-0.05, 0) is 36.8 Å². The topological polar surface area (TPSA) is 9.23 Å². The molecule has 2 rings (SSSR count). The maximum Gasteiger partial charge on any atom is 0.121 e. The fourth-order valence-electron chi connectivity index (χ4n) is 1.53. The van der Waals surface area contributed by atoms with Gasteiger partial charge in [0.25, 0.3) is 0 Å². The molecule has 0 radical (unpaired) electrons. The molecule has 0 aromatic heterocycles. The second-order valence-corrected chi connectivity index (χ2v) is 4.54. The van der Waals surface area contributed by atoms with Crippen molar-refractivity contribution in [3.05, 3.63) is 64.6 Å². The first-order valence-corrected chi connectivity index (χ1v) is 6.02. The third kappa shape index (κ3) is 2.86. The Balaban J connectivity index is 2.12. The van der Waals surface area contributed by atoms with Crippen molar-refractivity contribution in [2.24, 2.45) is 0 Å². The van der Waals surface area contributed by atoms with E-state index in [4.69, 9.17) is 4.74 Å². The van der Waals surface area contributed by atoms with Crippen molar-refractivity contribution in [3.8, 4) is 5.75 Å². The summed E-state index contributed by atoms with van der Waals surface area (Å²) < 4.78 is 6.91. The van der Waals surface area contributed by atoms with Crippen molar-refractivity contribution in [1.29, 1.82) is 0 Å². The van der Waals surface area contributed by atoms with E-state index in [0.29, 0.717) is 0 Å². The molecule has 0 heterocycles. The van der Waals surface area contributed by atoms with Crippen molar-refractivity contribution >= 4 is 15.9 Å². The number of ether oxygens (including phenoxy) is 1. The zero-order valence-electron chi connectivity index (χ0n) is 9.06. The standard InChI is InChI=1S/C14H13BrO/c1-11(12-6-5-7-13(15)10-12)16-14-8-3-2-4-9-14/h2-11H,1H3. The summed E-state index contributed by atoms with van der Waals surface area (Å²) in [4.78, 5) is 0. The van der Waals surface area contributed by atoms with Gasteiger partial charge in [0.15, 0.2) is 0 Å². The van der Waals surface area contributed by atoms with Gasteiger partial charge in [-0.15, -0.1) is 0 Å². The average Bonchev–Trinajstić information content (AvgIpc) is 2.30. The van der Waals surface area contributed by atoms with Crippen LogP contribution in [0.2, 0.25) is 0 Å². The van der Waals surface area contributed by atoms with Crippen molar-refractivity contribution < 1.29 is 4.74 Å². The van der Waals surface area contributed by atoms with Crippen LogP contribution in [0.5, 0.6) is 5.75 Å². The van der Waals surface area contributed by atoms with Crippen LogP contribution in [0.4, 0.5) is 0 Å². The van der Waals surface area contributed by atoms with Crippen LogP contribution in [0.25, 0.3) is 0 Å². The first-order valence-electron chi connectivity index (χ1n) is 5.23. The third-order valence-corrected chi connectivity index (χ3v) is 2.87. The highest BCUT2D eigenvalue weighted by atomic mass is 79.9. The second kappa shape index (κ2) is 5.17. The number of hydrogen-bond donors (Lipinski definition) is 0. The fraction of sp³-hybridized carbons (Fsp3) is 0.143. The van der Waals surface area contributed by atoms with Crippen LogP contribution in [0.15, 0.2) is 59.1 Å². The average molecular weight is 277 g/mol. The van der Waals surface area contributed by atoms with E-state index in [1.807, 2.05) is 42.5 Å². The van der Waals surface area contributed by atoms with Crippen LogP contribution in [-0.4, -0.2) is 0 Å². The SMILES string of the molecule is CC(Oc1ccccc1)c1cccc(Br)c1. The Morgan fingerprint density at radius 1 is 1.00 bits per heavy atom. The van der Waals surface area contributed by atoms with E-state index in [2.05, 4.69) is 35.0 Å². The van der Waals surface area contributed by atoms with E-state index < -0.39 is 0 Å². The molecule has 0 fully saturated rings. The molecule has 16 heavy (non-hydrogen) atoms. The van der Waals surface area contributed by atoms with Crippen LogP contribution >= 0.6 is 15.9 Å². The summed E-state index contributed by atoms with van der Waals surface area (Å²) in [5.74, 6) is 0.898. The molecule has 0 saturated carbocycles. The summed E-state index contributed by atoms with van der Waals surface area (Å²) in [6.07, 6.45) is 0.0555. The third-order valence-electron chi connectivity index (χ3n) is 2.37. The van der Waals surface area contributed by atoms with Crippen molar-refractivity contribution in [2.75, 3.05) is 0 Å². The lowest BCUT2D eigenvalue weighted by Crippen LogP contribution is -2.02. The molecule has 0 amide bonds. The maximum absolute atomic E-state index is 5.83. The van der Waals surface area contributed by atoms with E-state index in [0.717, 1.165) is 10.2 Å². The molecule has 2 aromatic carbocycles. The number of para-hydroxylation sites is 1. The Hall–Kier alpha value is -1.28. The van der Waals surface area contributed by atoms with Gasteiger partial charge in [-0.2, -0.15) is 0 Å². The van der Waals surface area contributed by atoms with Gasteiger partial charge in [-0.25, -0.2) is 0 Å². The molecular weight excluding hydrogens is 264 g/mol. The summed E-state index contributed by atoms with van der Waals surface area (Å²) in [6, 6.07) is 18.0. The molecule has 2 aromatic rings. The van der Waals surface area contributed by atoms with Crippen LogP contribution < -0.4 is 4.74 Å². The summed E-state index contributed by atoms with van der Waals surface area (Å²) >= 11 is 3.46. The molecule has 0 spiro atoms. The highest BCUT2D eigenvalue weighted by molar-refractivity contribution is 9.10. The predicted molar refractivity (Wildman–Crippen MR) is 69.6 cm³/mol. The minimum atomic E-state index is 0.0555. The van der Waals surface area contributed by atoms with E-state index in [1.165, 1.54) is 5.56 Å². The normalized spacial score (nSPS) is 12.1. The number of rotatable bonds is 3. The van der Waals surface area contributed by atoms with Gasteiger partial charge in [0.2, 0.25) is 0 Å². The Labute approximate surface area is 104 Å². The fourth-order valence-corrected chi connectivity index (χ4v) is 1.95. The summed E-state index contributed by atoms with van der Waals surface area (Å²) in [5.41, 5.74) is 1.17. The number of hydrogen-bond acceptors (Lipinski definition) is 1. The predicted octanol–water partition coefficient (Wildman–Crippen LogP) is 4.59. The smallest absolute Gasteiger partial charge is 0.121 e. The lowest BCUT2D eigenvalue weighted by Gasteiger charge is -2.15. The summed E-state index contributed by atoms with van der Waals surface area (Å²) in [5, 5.41) is 0. The van der Waals surface area contributed by atoms with E-state index >= 15 is 0 Å². The highest BCUT2D eigenvalue weighted by Gasteiger charge is 2.06. The Morgan fingerprint density at radius 2 is 1.75 bits per heavy atom. The molecule has 0 aliphatic heterocycles. The van der Waals surface area contributed by atoms with Gasteiger partial charge in [0.1, 0.15) is 11.9 Å². The molecule has 0 saturated heterocycles. The molecule has 2 heteroatoms. The minimum Gasteiger partial charge on any atom is -0.486 e. The van der Waals surface area contributed by atoms with Crippen molar-refractivity contribution in [1.82, 2.24) is 0 Å². The Bertz CT molecular complexity index is 453. The monoisotopic (exact) mass is 276 g/mol. The quantitative estimate of drug-likeness (QED) is 0.797. The van der Waals surface area contributed by atoms with Crippen molar-refractivity contribution in [2.45, 2.75) is 13.0 Å². The van der Waals surface area contributed by atoms with E-state index in [9.17, 15) is 0 Å². The summed E-state index contributed by atoms with van der Waals surface area (Å²) in [7, 11) is 0. The maximum atomic E-state index is 5.83. The minimum absolute atomic E-state index is 0.0555. The van der Waals surface area contributed by atoms with Gasteiger partial charge in [0, 0.05) is 4.47 Å². The molecular formula is C14H13BrO. The van der Waals surface area contributed by atoms with Crippen LogP contribution in [0, 0.1) is 0 Å². The zero-order valence-corrected chi connectivity index (χ0v) is 10.6. The highest BCUT2D eigenvalue weighted by Crippen LogP contribution is 2.23. The molecule has 0 aliphatic carbocycles. The van der Waals surface area contributed by atoms with Gasteiger partial charge < -0.3 is 4.74 Å². The van der Waals surface area contributed by atoms with Crippen LogP contribution in [0.3, 0.4) is 0 Å². The molecule has 0 N–H and O–H groups in total. The second-order valence-electron chi connectivity index (χ2n) is 3.63. The first kappa shape index (κ1) is 11.2. The van der Waals surface area contributed by atoms with Gasteiger partial charge >= 0.3 is 0 Å². The van der Waals surface area contributed by atoms with Crippen LogP contribution in [0.1, 0.15) is 18.6 Å². The van der Waals surface area contributed by atoms with Crippen molar-refractivity contribution in [3.63, 3.8) is 0 Å². The van der Waals surface area contributed by atoms with Gasteiger partial charge in [0.05, 0.1) is 0 Å². The number of halogens is 1. The lowest BCUT2D eigenvalue weighted by atomic mass is 10.1. The Morgan fingerprint density at radius 3 is 2.44 bits per heavy atom.